The molecule has 20 heavy (non-hydrogen) atoms. The van der Waals surface area contributed by atoms with Gasteiger partial charge in [-0.1, -0.05) is 36.4 Å². The number of hydrogen-bond donors (Lipinski definition) is 0. The van der Waals surface area contributed by atoms with Crippen molar-refractivity contribution >= 4 is 12.0 Å². The zero-order valence-corrected chi connectivity index (χ0v) is 11.4. The van der Waals surface area contributed by atoms with Gasteiger partial charge in [-0.2, -0.15) is 5.10 Å². The van der Waals surface area contributed by atoms with Gasteiger partial charge in [-0.25, -0.2) is 4.98 Å². The third-order valence-electron chi connectivity index (χ3n) is 3.40. The maximum absolute atomic E-state index is 4.54. The minimum Gasteiger partial charge on any atom is -0.353 e. The molecule has 0 radical (unpaired) electrons. The van der Waals surface area contributed by atoms with E-state index >= 15 is 0 Å². The van der Waals surface area contributed by atoms with E-state index in [4.69, 9.17) is 0 Å². The van der Waals surface area contributed by atoms with Gasteiger partial charge in [0.1, 0.15) is 5.82 Å². The Balaban J connectivity index is 1.55. The third-order valence-corrected chi connectivity index (χ3v) is 3.40. The van der Waals surface area contributed by atoms with Crippen LogP contribution in [0.1, 0.15) is 5.56 Å². The zero-order chi connectivity index (χ0) is 13.6. The molecule has 0 spiro atoms. The van der Waals surface area contributed by atoms with Crippen LogP contribution in [-0.2, 0) is 0 Å². The second-order valence-corrected chi connectivity index (χ2v) is 4.78. The first kappa shape index (κ1) is 12.7. The van der Waals surface area contributed by atoms with Crippen LogP contribution in [0.25, 0.3) is 0 Å². The minimum atomic E-state index is 0.930. The highest BCUT2D eigenvalue weighted by Crippen LogP contribution is 2.12. The summed E-state index contributed by atoms with van der Waals surface area (Å²) in [7, 11) is 0. The van der Waals surface area contributed by atoms with E-state index in [0.29, 0.717) is 0 Å². The molecule has 1 fully saturated rings. The van der Waals surface area contributed by atoms with Crippen LogP contribution in [-0.4, -0.2) is 42.4 Å². The van der Waals surface area contributed by atoms with Crippen LogP contribution < -0.4 is 4.90 Å². The molecule has 0 bridgehead atoms. The number of hydrogen-bond acceptors (Lipinski definition) is 4. The quantitative estimate of drug-likeness (QED) is 0.799. The molecule has 1 aliphatic heterocycles. The van der Waals surface area contributed by atoms with Gasteiger partial charge in [-0.05, 0) is 17.7 Å². The van der Waals surface area contributed by atoms with Crippen molar-refractivity contribution in [2.75, 3.05) is 31.1 Å². The topological polar surface area (TPSA) is 31.7 Å². The minimum absolute atomic E-state index is 0.930. The molecule has 2 aromatic rings. The lowest BCUT2D eigenvalue weighted by molar-refractivity contribution is 0.271. The molecular weight excluding hydrogens is 248 g/mol. The fraction of sp³-hybridized carbons (Fsp3) is 0.250. The molecule has 0 amide bonds. The fourth-order valence-electron chi connectivity index (χ4n) is 2.27. The Morgan fingerprint density at radius 3 is 2.35 bits per heavy atom. The Labute approximate surface area is 119 Å². The molecule has 102 valence electrons. The predicted octanol–water partition coefficient (Wildman–Crippen LogP) is 2.24. The van der Waals surface area contributed by atoms with E-state index in [0.717, 1.165) is 37.6 Å². The van der Waals surface area contributed by atoms with Crippen LogP contribution in [0.4, 0.5) is 5.82 Å². The summed E-state index contributed by atoms with van der Waals surface area (Å²) in [5, 5.41) is 6.66. The first-order chi connectivity index (χ1) is 9.92. The third kappa shape index (κ3) is 3.15. The number of aromatic nitrogens is 1. The monoisotopic (exact) mass is 266 g/mol. The van der Waals surface area contributed by atoms with Crippen molar-refractivity contribution in [1.29, 1.82) is 0 Å². The number of benzene rings is 1. The molecule has 1 saturated heterocycles. The SMILES string of the molecule is C(=N/N1CCN(c2ccccn2)CC1)/c1ccccc1. The molecular formula is C16H18N4. The number of piperazine rings is 1. The molecule has 1 aliphatic rings. The van der Waals surface area contributed by atoms with Crippen LogP contribution >= 0.6 is 0 Å². The fourth-order valence-corrected chi connectivity index (χ4v) is 2.27. The molecule has 0 unspecified atom stereocenters. The van der Waals surface area contributed by atoms with Gasteiger partial charge in [-0.3, -0.25) is 5.01 Å². The van der Waals surface area contributed by atoms with Crippen molar-refractivity contribution in [2.45, 2.75) is 0 Å². The number of rotatable bonds is 3. The number of nitrogens with zero attached hydrogens (tertiary/aromatic N) is 4. The Bertz CT molecular complexity index is 545. The number of anilines is 1. The highest BCUT2D eigenvalue weighted by Gasteiger charge is 2.15. The van der Waals surface area contributed by atoms with Crippen molar-refractivity contribution < 1.29 is 0 Å². The first-order valence-corrected chi connectivity index (χ1v) is 6.92. The lowest BCUT2D eigenvalue weighted by atomic mass is 10.2. The molecule has 4 nitrogen and oxygen atoms in total. The van der Waals surface area contributed by atoms with Crippen LogP contribution in [0.5, 0.6) is 0 Å². The molecule has 0 N–H and O–H groups in total. The Morgan fingerprint density at radius 1 is 0.900 bits per heavy atom. The average molecular weight is 266 g/mol. The van der Waals surface area contributed by atoms with E-state index in [2.05, 4.69) is 38.2 Å². The number of pyridine rings is 1. The lowest BCUT2D eigenvalue weighted by Crippen LogP contribution is -2.44. The van der Waals surface area contributed by atoms with E-state index in [1.165, 1.54) is 0 Å². The van der Waals surface area contributed by atoms with E-state index in [-0.39, 0.29) is 0 Å². The maximum Gasteiger partial charge on any atom is 0.128 e. The second-order valence-electron chi connectivity index (χ2n) is 4.78. The smallest absolute Gasteiger partial charge is 0.128 e. The molecule has 0 atom stereocenters. The number of hydrazone groups is 1. The summed E-state index contributed by atoms with van der Waals surface area (Å²) in [5.74, 6) is 1.05. The molecule has 1 aromatic carbocycles. The normalized spacial score (nSPS) is 15.8. The van der Waals surface area contributed by atoms with Gasteiger partial charge in [0.15, 0.2) is 0 Å². The maximum atomic E-state index is 4.54. The summed E-state index contributed by atoms with van der Waals surface area (Å²) in [6.07, 6.45) is 3.77. The van der Waals surface area contributed by atoms with E-state index in [9.17, 15) is 0 Å². The van der Waals surface area contributed by atoms with Crippen molar-refractivity contribution in [3.63, 3.8) is 0 Å². The highest BCUT2D eigenvalue weighted by atomic mass is 15.5. The van der Waals surface area contributed by atoms with Gasteiger partial charge in [0.25, 0.3) is 0 Å². The van der Waals surface area contributed by atoms with Gasteiger partial charge in [0, 0.05) is 19.3 Å². The van der Waals surface area contributed by atoms with E-state index in [1.54, 1.807) is 0 Å². The van der Waals surface area contributed by atoms with E-state index in [1.807, 2.05) is 42.7 Å². The van der Waals surface area contributed by atoms with Crippen molar-refractivity contribution in [3.8, 4) is 0 Å². The lowest BCUT2D eigenvalue weighted by Gasteiger charge is -2.33. The van der Waals surface area contributed by atoms with Crippen LogP contribution in [0.3, 0.4) is 0 Å². The summed E-state index contributed by atoms with van der Waals surface area (Å²) < 4.78 is 0. The van der Waals surface area contributed by atoms with Crippen molar-refractivity contribution in [3.05, 3.63) is 60.3 Å². The largest absolute Gasteiger partial charge is 0.353 e. The molecule has 2 heterocycles. The molecule has 4 heteroatoms. The Hall–Kier alpha value is -2.36. The summed E-state index contributed by atoms with van der Waals surface area (Å²) in [4.78, 5) is 6.69. The van der Waals surface area contributed by atoms with Crippen LogP contribution in [0, 0.1) is 0 Å². The Morgan fingerprint density at radius 2 is 1.65 bits per heavy atom. The molecule has 3 rings (SSSR count). The van der Waals surface area contributed by atoms with Gasteiger partial charge < -0.3 is 4.90 Å². The molecule has 0 aliphatic carbocycles. The van der Waals surface area contributed by atoms with Gasteiger partial charge in [-0.15, -0.1) is 0 Å². The van der Waals surface area contributed by atoms with Gasteiger partial charge >= 0.3 is 0 Å². The summed E-state index contributed by atoms with van der Waals surface area (Å²) in [6.45, 7) is 3.78. The van der Waals surface area contributed by atoms with Crippen molar-refractivity contribution in [2.24, 2.45) is 5.10 Å². The molecule has 0 saturated carbocycles. The predicted molar refractivity (Wildman–Crippen MR) is 82.1 cm³/mol. The van der Waals surface area contributed by atoms with E-state index < -0.39 is 0 Å². The standard InChI is InChI=1S/C16H18N4/c1-2-6-15(7-3-1)14-18-20-12-10-19(11-13-20)16-8-4-5-9-17-16/h1-9,14H,10-13H2/b18-14-. The van der Waals surface area contributed by atoms with Crippen LogP contribution in [0.15, 0.2) is 59.8 Å². The second kappa shape index (κ2) is 6.19. The summed E-state index contributed by atoms with van der Waals surface area (Å²) >= 11 is 0. The zero-order valence-electron chi connectivity index (χ0n) is 11.4. The van der Waals surface area contributed by atoms with Gasteiger partial charge in [0.2, 0.25) is 0 Å². The van der Waals surface area contributed by atoms with Crippen molar-refractivity contribution in [1.82, 2.24) is 9.99 Å². The Kier molecular flexibility index (Phi) is 3.92. The molecule has 1 aromatic heterocycles. The first-order valence-electron chi connectivity index (χ1n) is 6.92. The highest BCUT2D eigenvalue weighted by molar-refractivity contribution is 5.79. The average Bonchev–Trinajstić information content (AvgIpc) is 2.55. The summed E-state index contributed by atoms with van der Waals surface area (Å²) in [5.41, 5.74) is 1.14. The van der Waals surface area contributed by atoms with Crippen LogP contribution in [0.2, 0.25) is 0 Å². The summed E-state index contributed by atoms with van der Waals surface area (Å²) in [6, 6.07) is 16.2. The van der Waals surface area contributed by atoms with Gasteiger partial charge in [0.05, 0.1) is 19.3 Å².